The second-order valence-electron chi connectivity index (χ2n) is 6.85. The maximum atomic E-state index is 4.70. The summed E-state index contributed by atoms with van der Waals surface area (Å²) in [5.41, 5.74) is 0. The molecule has 0 fully saturated rings. The second-order valence-corrected chi connectivity index (χ2v) is 6.85. The van der Waals surface area contributed by atoms with Crippen molar-refractivity contribution >= 4 is 29.9 Å². The number of nitrogens with zero attached hydrogens (tertiary/aromatic N) is 4. The molecule has 138 valence electrons. The number of rotatable bonds is 7. The van der Waals surface area contributed by atoms with Gasteiger partial charge in [-0.05, 0) is 45.4 Å². The summed E-state index contributed by atoms with van der Waals surface area (Å²) in [5, 5.41) is 15.4. The highest BCUT2D eigenvalue weighted by Gasteiger charge is 2.15. The van der Waals surface area contributed by atoms with E-state index in [0.29, 0.717) is 12.6 Å². The van der Waals surface area contributed by atoms with Crippen LogP contribution >= 0.6 is 24.0 Å². The van der Waals surface area contributed by atoms with Crippen LogP contribution in [-0.2, 0) is 19.5 Å². The van der Waals surface area contributed by atoms with Crippen molar-refractivity contribution in [2.24, 2.45) is 10.9 Å². The summed E-state index contributed by atoms with van der Waals surface area (Å²) in [6.45, 7) is 11.3. The van der Waals surface area contributed by atoms with E-state index in [0.717, 1.165) is 49.5 Å². The molecule has 0 amide bonds. The van der Waals surface area contributed by atoms with E-state index in [9.17, 15) is 0 Å². The van der Waals surface area contributed by atoms with E-state index < -0.39 is 0 Å². The van der Waals surface area contributed by atoms with Crippen LogP contribution in [0.25, 0.3) is 0 Å². The minimum atomic E-state index is 0. The SMILES string of the molecule is CCNC(=NCc1nnc2n1CCCC2)NC(C)CCC(C)C.I. The Morgan fingerprint density at radius 1 is 1.21 bits per heavy atom. The summed E-state index contributed by atoms with van der Waals surface area (Å²) in [7, 11) is 0. The Hall–Kier alpha value is -0.860. The van der Waals surface area contributed by atoms with Gasteiger partial charge in [0.05, 0.1) is 0 Å². The van der Waals surface area contributed by atoms with Gasteiger partial charge < -0.3 is 15.2 Å². The highest BCUT2D eigenvalue weighted by Crippen LogP contribution is 2.14. The lowest BCUT2D eigenvalue weighted by Crippen LogP contribution is -2.42. The number of nitrogens with one attached hydrogen (secondary N) is 2. The number of halogens is 1. The first-order valence-corrected chi connectivity index (χ1v) is 9.06. The number of aryl methyl sites for hydroxylation is 1. The largest absolute Gasteiger partial charge is 0.357 e. The first-order valence-electron chi connectivity index (χ1n) is 9.06. The zero-order valence-electron chi connectivity index (χ0n) is 15.5. The molecule has 1 atom stereocenters. The molecule has 2 heterocycles. The van der Waals surface area contributed by atoms with Gasteiger partial charge in [0.2, 0.25) is 0 Å². The summed E-state index contributed by atoms with van der Waals surface area (Å²) >= 11 is 0. The average Bonchev–Trinajstić information content (AvgIpc) is 2.94. The highest BCUT2D eigenvalue weighted by molar-refractivity contribution is 14.0. The number of fused-ring (bicyclic) bond motifs is 1. The molecule has 0 saturated heterocycles. The Kier molecular flexibility index (Phi) is 9.61. The van der Waals surface area contributed by atoms with Gasteiger partial charge in [-0.2, -0.15) is 0 Å². The highest BCUT2D eigenvalue weighted by atomic mass is 127. The Balaban J connectivity index is 0.00000288. The fourth-order valence-corrected chi connectivity index (χ4v) is 2.84. The topological polar surface area (TPSA) is 67.1 Å². The zero-order chi connectivity index (χ0) is 16.7. The Bertz CT molecular complexity index is 511. The van der Waals surface area contributed by atoms with Gasteiger partial charge in [0, 0.05) is 25.6 Å². The number of aromatic nitrogens is 3. The second kappa shape index (κ2) is 10.9. The maximum Gasteiger partial charge on any atom is 0.191 e. The molecule has 2 rings (SSSR count). The summed E-state index contributed by atoms with van der Waals surface area (Å²) in [6.07, 6.45) is 5.86. The first kappa shape index (κ1) is 21.2. The van der Waals surface area contributed by atoms with Crippen LogP contribution in [0.3, 0.4) is 0 Å². The quantitative estimate of drug-likeness (QED) is 0.382. The standard InChI is InChI=1S/C17H32N6.HI/c1-5-18-17(20-14(4)10-9-13(2)3)19-12-16-22-21-15-8-6-7-11-23(15)16;/h13-14H,5-12H2,1-4H3,(H2,18,19,20);1H. The van der Waals surface area contributed by atoms with Gasteiger partial charge in [-0.15, -0.1) is 34.2 Å². The summed E-state index contributed by atoms with van der Waals surface area (Å²) in [4.78, 5) is 4.70. The van der Waals surface area contributed by atoms with Gasteiger partial charge in [-0.1, -0.05) is 13.8 Å². The third-order valence-electron chi connectivity index (χ3n) is 4.22. The molecule has 1 unspecified atom stereocenters. The zero-order valence-corrected chi connectivity index (χ0v) is 17.8. The molecule has 0 spiro atoms. The van der Waals surface area contributed by atoms with Gasteiger partial charge in [0.1, 0.15) is 12.4 Å². The van der Waals surface area contributed by atoms with Crippen molar-refractivity contribution in [3.05, 3.63) is 11.6 Å². The lowest BCUT2D eigenvalue weighted by Gasteiger charge is -2.19. The molecule has 1 aromatic rings. The molecule has 24 heavy (non-hydrogen) atoms. The van der Waals surface area contributed by atoms with Crippen molar-refractivity contribution in [3.8, 4) is 0 Å². The molecule has 1 aliphatic rings. The number of hydrogen-bond acceptors (Lipinski definition) is 3. The van der Waals surface area contributed by atoms with Gasteiger partial charge in [-0.3, -0.25) is 0 Å². The summed E-state index contributed by atoms with van der Waals surface area (Å²) in [5.74, 6) is 3.70. The monoisotopic (exact) mass is 448 g/mol. The fraction of sp³-hybridized carbons (Fsp3) is 0.824. The molecular formula is C17H33IN6. The van der Waals surface area contributed by atoms with Gasteiger partial charge in [0.25, 0.3) is 0 Å². The Labute approximate surface area is 163 Å². The number of aliphatic imine (C=N–C) groups is 1. The van der Waals surface area contributed by atoms with Gasteiger partial charge in [-0.25, -0.2) is 4.99 Å². The molecule has 0 bridgehead atoms. The minimum Gasteiger partial charge on any atom is -0.357 e. The maximum absolute atomic E-state index is 4.70. The molecule has 0 saturated carbocycles. The van der Waals surface area contributed by atoms with E-state index in [1.54, 1.807) is 0 Å². The van der Waals surface area contributed by atoms with Crippen LogP contribution < -0.4 is 10.6 Å². The van der Waals surface area contributed by atoms with Crippen molar-refractivity contribution in [1.29, 1.82) is 0 Å². The van der Waals surface area contributed by atoms with E-state index in [2.05, 4.69) is 53.1 Å². The molecular weight excluding hydrogens is 415 g/mol. The number of hydrogen-bond donors (Lipinski definition) is 2. The van der Waals surface area contributed by atoms with Crippen LogP contribution in [0.4, 0.5) is 0 Å². The molecule has 2 N–H and O–H groups in total. The predicted molar refractivity (Wildman–Crippen MR) is 110 cm³/mol. The Morgan fingerprint density at radius 2 is 2.00 bits per heavy atom. The summed E-state index contributed by atoms with van der Waals surface area (Å²) < 4.78 is 2.23. The van der Waals surface area contributed by atoms with Crippen LogP contribution in [-0.4, -0.2) is 33.3 Å². The van der Waals surface area contributed by atoms with Crippen molar-refractivity contribution in [3.63, 3.8) is 0 Å². The summed E-state index contributed by atoms with van der Waals surface area (Å²) in [6, 6.07) is 0.419. The molecule has 1 aliphatic heterocycles. The first-order chi connectivity index (χ1) is 11.1. The van der Waals surface area contributed by atoms with Crippen LogP contribution in [0.1, 0.15) is 65.0 Å². The van der Waals surface area contributed by atoms with E-state index in [1.165, 1.54) is 19.3 Å². The molecule has 1 aromatic heterocycles. The normalized spacial score (nSPS) is 15.6. The van der Waals surface area contributed by atoms with Crippen molar-refractivity contribution in [1.82, 2.24) is 25.4 Å². The van der Waals surface area contributed by atoms with E-state index in [1.807, 2.05) is 0 Å². The molecule has 0 radical (unpaired) electrons. The fourth-order valence-electron chi connectivity index (χ4n) is 2.84. The molecule has 0 aliphatic carbocycles. The van der Waals surface area contributed by atoms with Gasteiger partial charge in [0.15, 0.2) is 11.8 Å². The van der Waals surface area contributed by atoms with Crippen molar-refractivity contribution in [2.75, 3.05) is 6.54 Å². The Morgan fingerprint density at radius 3 is 2.71 bits per heavy atom. The smallest absolute Gasteiger partial charge is 0.191 e. The van der Waals surface area contributed by atoms with Crippen molar-refractivity contribution < 1.29 is 0 Å². The van der Waals surface area contributed by atoms with Gasteiger partial charge >= 0.3 is 0 Å². The molecule has 0 aromatic carbocycles. The average molecular weight is 448 g/mol. The van der Waals surface area contributed by atoms with Crippen LogP contribution in [0, 0.1) is 5.92 Å². The van der Waals surface area contributed by atoms with E-state index >= 15 is 0 Å². The van der Waals surface area contributed by atoms with E-state index in [4.69, 9.17) is 4.99 Å². The number of guanidine groups is 1. The van der Waals surface area contributed by atoms with Crippen molar-refractivity contribution in [2.45, 2.75) is 78.9 Å². The minimum absolute atomic E-state index is 0. The van der Waals surface area contributed by atoms with E-state index in [-0.39, 0.29) is 24.0 Å². The molecule has 7 heteroatoms. The third kappa shape index (κ3) is 6.57. The lowest BCUT2D eigenvalue weighted by molar-refractivity contribution is 0.488. The van der Waals surface area contributed by atoms with Crippen LogP contribution in [0.15, 0.2) is 4.99 Å². The van der Waals surface area contributed by atoms with Crippen LogP contribution in [0.2, 0.25) is 0 Å². The lowest BCUT2D eigenvalue weighted by atomic mass is 10.0. The van der Waals surface area contributed by atoms with Crippen LogP contribution in [0.5, 0.6) is 0 Å². The molecule has 6 nitrogen and oxygen atoms in total. The predicted octanol–water partition coefficient (Wildman–Crippen LogP) is 3.11. The third-order valence-corrected chi connectivity index (χ3v) is 4.22.